The summed E-state index contributed by atoms with van der Waals surface area (Å²) in [6, 6.07) is 3.70. The lowest BCUT2D eigenvalue weighted by Gasteiger charge is -2.01. The minimum Gasteiger partial charge on any atom is -0.215 e. The molecule has 0 saturated heterocycles. The summed E-state index contributed by atoms with van der Waals surface area (Å²) in [5.41, 5.74) is 3.89. The van der Waals surface area contributed by atoms with Gasteiger partial charge in [-0.05, 0) is 25.5 Å². The van der Waals surface area contributed by atoms with Gasteiger partial charge in [-0.3, -0.25) is 0 Å². The van der Waals surface area contributed by atoms with Crippen molar-refractivity contribution in [2.75, 3.05) is 0 Å². The van der Waals surface area contributed by atoms with E-state index in [1.54, 1.807) is 0 Å². The number of hydrogen-bond donors (Lipinski definition) is 2. The van der Waals surface area contributed by atoms with E-state index in [1.165, 1.54) is 0 Å². The first-order valence-corrected chi connectivity index (χ1v) is 3.77. The molecule has 0 spiro atoms. The van der Waals surface area contributed by atoms with Crippen molar-refractivity contribution < 1.29 is 10.7 Å². The minimum absolute atomic E-state index is 0.744. The Bertz CT molecular complexity index is 273. The van der Waals surface area contributed by atoms with Crippen molar-refractivity contribution in [1.82, 2.24) is 0 Å². The molecule has 0 radical (unpaired) electrons. The van der Waals surface area contributed by atoms with Crippen molar-refractivity contribution in [2.45, 2.75) is 13.8 Å². The summed E-state index contributed by atoms with van der Waals surface area (Å²) in [4.78, 5) is 0. The maximum atomic E-state index is 8.77. The molecule has 1 aromatic rings. The van der Waals surface area contributed by atoms with E-state index in [2.05, 4.69) is 0 Å². The quantitative estimate of drug-likeness (QED) is 0.490. The lowest BCUT2D eigenvalue weighted by atomic mass is 10.1. The van der Waals surface area contributed by atoms with E-state index in [0.29, 0.717) is 0 Å². The Hall–Kier alpha value is -0.570. The molecule has 2 nitrogen and oxygen atoms in total. The van der Waals surface area contributed by atoms with Crippen LogP contribution in [0.1, 0.15) is 11.1 Å². The predicted octanol–water partition coefficient (Wildman–Crippen LogP) is 1.54. The Morgan fingerprint density at radius 3 is 2.45 bits per heavy atom. The van der Waals surface area contributed by atoms with E-state index in [9.17, 15) is 0 Å². The summed E-state index contributed by atoms with van der Waals surface area (Å²) in [5.74, 6) is 0. The average Bonchev–Trinajstić information content (AvgIpc) is 1.97. The van der Waals surface area contributed by atoms with Gasteiger partial charge in [-0.25, -0.2) is 5.21 Å². The highest BCUT2D eigenvalue weighted by Crippen LogP contribution is 2.20. The number of halogens is 1. The number of benzene rings is 1. The Morgan fingerprint density at radius 2 is 1.91 bits per heavy atom. The van der Waals surface area contributed by atoms with Crippen LogP contribution < -0.4 is 5.48 Å². The van der Waals surface area contributed by atoms with Gasteiger partial charge >= 0.3 is 0 Å². The standard InChI is InChI=1S/C8H10ClNO/c1-5-4-8(10-11)6(2)3-7(5)9/h3-4,10-11H,1-2H3/p+1. The topological polar surface area (TPSA) is 36.8 Å². The van der Waals surface area contributed by atoms with Crippen LogP contribution in [-0.4, -0.2) is 5.21 Å². The lowest BCUT2D eigenvalue weighted by Crippen LogP contribution is -2.74. The summed E-state index contributed by atoms with van der Waals surface area (Å²) >= 11 is 5.85. The van der Waals surface area contributed by atoms with Gasteiger partial charge in [-0.2, -0.15) is 5.48 Å². The number of hydrogen-bond acceptors (Lipinski definition) is 1. The van der Waals surface area contributed by atoms with Crippen LogP contribution in [0.5, 0.6) is 0 Å². The third kappa shape index (κ3) is 1.71. The van der Waals surface area contributed by atoms with Crippen LogP contribution in [0.2, 0.25) is 5.02 Å². The van der Waals surface area contributed by atoms with Crippen LogP contribution in [0.3, 0.4) is 0 Å². The summed E-state index contributed by atoms with van der Waals surface area (Å²) < 4.78 is 0. The smallest absolute Gasteiger partial charge is 0.165 e. The number of nitrogens with two attached hydrogens (primary N) is 1. The second-order valence-corrected chi connectivity index (χ2v) is 2.99. The molecule has 1 rings (SSSR count). The zero-order valence-electron chi connectivity index (χ0n) is 6.56. The van der Waals surface area contributed by atoms with Crippen LogP contribution in [0.4, 0.5) is 5.69 Å². The summed E-state index contributed by atoms with van der Waals surface area (Å²) in [7, 11) is 0. The zero-order valence-corrected chi connectivity index (χ0v) is 7.31. The fourth-order valence-corrected chi connectivity index (χ4v) is 1.16. The highest BCUT2D eigenvalue weighted by atomic mass is 35.5. The van der Waals surface area contributed by atoms with Crippen molar-refractivity contribution in [2.24, 2.45) is 0 Å². The Kier molecular flexibility index (Phi) is 2.49. The molecule has 60 valence electrons. The SMILES string of the molecule is Cc1cc([NH2+]O)c(C)cc1Cl. The molecule has 0 aliphatic rings. The van der Waals surface area contributed by atoms with Gasteiger partial charge in [0.25, 0.3) is 0 Å². The maximum Gasteiger partial charge on any atom is 0.165 e. The summed E-state index contributed by atoms with van der Waals surface area (Å²) in [6.45, 7) is 3.82. The largest absolute Gasteiger partial charge is 0.215 e. The average molecular weight is 173 g/mol. The van der Waals surface area contributed by atoms with E-state index in [1.807, 2.05) is 26.0 Å². The van der Waals surface area contributed by atoms with E-state index >= 15 is 0 Å². The minimum atomic E-state index is 0.744. The van der Waals surface area contributed by atoms with Gasteiger partial charge in [0.2, 0.25) is 0 Å². The van der Waals surface area contributed by atoms with Crippen LogP contribution >= 0.6 is 11.6 Å². The molecular formula is C8H11ClNO+. The first kappa shape index (κ1) is 8.53. The summed E-state index contributed by atoms with van der Waals surface area (Å²) in [5, 5.41) is 9.51. The van der Waals surface area contributed by atoms with Crippen LogP contribution in [0.25, 0.3) is 0 Å². The van der Waals surface area contributed by atoms with Crippen molar-refractivity contribution in [3.05, 3.63) is 28.3 Å². The van der Waals surface area contributed by atoms with Gasteiger partial charge in [-0.1, -0.05) is 11.6 Å². The molecule has 0 aliphatic heterocycles. The first-order valence-electron chi connectivity index (χ1n) is 3.39. The lowest BCUT2D eigenvalue weighted by molar-refractivity contribution is -0.826. The van der Waals surface area contributed by atoms with E-state index in [4.69, 9.17) is 16.8 Å². The van der Waals surface area contributed by atoms with Crippen molar-refractivity contribution in [3.63, 3.8) is 0 Å². The van der Waals surface area contributed by atoms with Gasteiger partial charge in [-0.15, -0.1) is 0 Å². The first-order chi connectivity index (χ1) is 5.15. The Labute approximate surface area is 70.8 Å². The third-order valence-electron chi connectivity index (χ3n) is 1.69. The fraction of sp³-hybridized carbons (Fsp3) is 0.250. The van der Waals surface area contributed by atoms with Gasteiger partial charge < -0.3 is 0 Å². The van der Waals surface area contributed by atoms with E-state index in [0.717, 1.165) is 27.3 Å². The van der Waals surface area contributed by atoms with Gasteiger partial charge in [0.15, 0.2) is 5.69 Å². The molecule has 0 aliphatic carbocycles. The van der Waals surface area contributed by atoms with Crippen LogP contribution in [-0.2, 0) is 0 Å². The predicted molar refractivity (Wildman–Crippen MR) is 44.3 cm³/mol. The molecule has 3 N–H and O–H groups in total. The molecular weight excluding hydrogens is 162 g/mol. The maximum absolute atomic E-state index is 8.77. The molecule has 0 heterocycles. The molecule has 0 amide bonds. The number of quaternary nitrogens is 1. The molecule has 0 fully saturated rings. The molecule has 0 unspecified atom stereocenters. The Morgan fingerprint density at radius 1 is 1.27 bits per heavy atom. The van der Waals surface area contributed by atoms with Crippen molar-refractivity contribution in [3.8, 4) is 0 Å². The van der Waals surface area contributed by atoms with Crippen LogP contribution in [0.15, 0.2) is 12.1 Å². The highest BCUT2D eigenvalue weighted by Gasteiger charge is 2.04. The molecule has 0 bridgehead atoms. The molecule has 3 heteroatoms. The van der Waals surface area contributed by atoms with Crippen molar-refractivity contribution >= 4 is 17.3 Å². The zero-order chi connectivity index (χ0) is 8.43. The number of rotatable bonds is 1. The second kappa shape index (κ2) is 3.22. The highest BCUT2D eigenvalue weighted by molar-refractivity contribution is 6.31. The van der Waals surface area contributed by atoms with Gasteiger partial charge in [0.05, 0.1) is 0 Å². The van der Waals surface area contributed by atoms with E-state index in [-0.39, 0.29) is 0 Å². The molecule has 1 aromatic carbocycles. The molecule has 0 saturated carbocycles. The summed E-state index contributed by atoms with van der Waals surface area (Å²) in [6.07, 6.45) is 0. The Balaban J connectivity index is 3.21. The fourth-order valence-electron chi connectivity index (χ4n) is 0.942. The van der Waals surface area contributed by atoms with Gasteiger partial charge in [0, 0.05) is 16.7 Å². The normalized spacial score (nSPS) is 10.2. The molecule has 0 aromatic heterocycles. The van der Waals surface area contributed by atoms with Gasteiger partial charge in [0.1, 0.15) is 0 Å². The number of aryl methyl sites for hydroxylation is 2. The monoisotopic (exact) mass is 172 g/mol. The second-order valence-electron chi connectivity index (χ2n) is 2.59. The molecule has 11 heavy (non-hydrogen) atoms. The van der Waals surface area contributed by atoms with E-state index < -0.39 is 0 Å². The van der Waals surface area contributed by atoms with Crippen molar-refractivity contribution in [1.29, 1.82) is 0 Å². The molecule has 0 atom stereocenters. The third-order valence-corrected chi connectivity index (χ3v) is 2.09. The van der Waals surface area contributed by atoms with Crippen LogP contribution in [0, 0.1) is 13.8 Å².